The average molecular weight is 203 g/mol. The van der Waals surface area contributed by atoms with Gasteiger partial charge in [-0.3, -0.25) is 0 Å². The van der Waals surface area contributed by atoms with Crippen molar-refractivity contribution in [1.29, 1.82) is 0 Å². The lowest BCUT2D eigenvalue weighted by atomic mass is 10.2. The lowest BCUT2D eigenvalue weighted by molar-refractivity contribution is 0.206. The minimum absolute atomic E-state index is 0.469. The van der Waals surface area contributed by atoms with Gasteiger partial charge in [-0.05, 0) is 24.1 Å². The fraction of sp³-hybridized carbons (Fsp3) is 0.231. The molecule has 0 spiro atoms. The van der Waals surface area contributed by atoms with E-state index in [1.54, 1.807) is 0 Å². The highest BCUT2D eigenvalue weighted by Gasteiger charge is 1.99. The van der Waals surface area contributed by atoms with Crippen LogP contribution in [0.15, 0.2) is 54.3 Å². The minimum Gasteiger partial charge on any atom is -0.489 e. The number of nitrogens with two attached hydrogens (primary N) is 1. The van der Waals surface area contributed by atoms with Crippen LogP contribution >= 0.6 is 0 Å². The maximum Gasteiger partial charge on any atom is 0.119 e. The van der Waals surface area contributed by atoms with Crippen molar-refractivity contribution in [3.8, 4) is 0 Å². The highest BCUT2D eigenvalue weighted by atomic mass is 16.5. The van der Waals surface area contributed by atoms with Gasteiger partial charge >= 0.3 is 0 Å². The average Bonchev–Trinajstić information content (AvgIpc) is 2.25. The van der Waals surface area contributed by atoms with E-state index in [2.05, 4.69) is 6.58 Å². The molecule has 0 aliphatic heterocycles. The van der Waals surface area contributed by atoms with Gasteiger partial charge in [-0.1, -0.05) is 36.9 Å². The second kappa shape index (κ2) is 6.04. The van der Waals surface area contributed by atoms with E-state index in [4.69, 9.17) is 10.5 Å². The molecule has 0 saturated heterocycles. The molecule has 2 nitrogen and oxygen atoms in total. The van der Waals surface area contributed by atoms with Crippen LogP contribution in [0.1, 0.15) is 12.5 Å². The van der Waals surface area contributed by atoms with Gasteiger partial charge < -0.3 is 10.5 Å². The topological polar surface area (TPSA) is 35.2 Å². The Labute approximate surface area is 91.1 Å². The molecule has 0 aliphatic carbocycles. The maximum absolute atomic E-state index is 5.61. The zero-order valence-corrected chi connectivity index (χ0v) is 9.07. The number of hydrogen-bond donors (Lipinski definition) is 1. The largest absolute Gasteiger partial charge is 0.489 e. The lowest BCUT2D eigenvalue weighted by Gasteiger charge is -2.10. The second-order valence-electron chi connectivity index (χ2n) is 3.36. The molecular formula is C13H17NO. The third kappa shape index (κ3) is 4.00. The Hall–Kier alpha value is -1.54. The Morgan fingerprint density at radius 3 is 2.60 bits per heavy atom. The van der Waals surface area contributed by atoms with E-state index < -0.39 is 0 Å². The molecule has 0 aliphatic rings. The molecule has 0 amide bonds. The monoisotopic (exact) mass is 203 g/mol. The van der Waals surface area contributed by atoms with Crippen molar-refractivity contribution in [2.24, 2.45) is 5.73 Å². The first kappa shape index (κ1) is 11.5. The van der Waals surface area contributed by atoms with Crippen molar-refractivity contribution in [3.63, 3.8) is 0 Å². The van der Waals surface area contributed by atoms with Gasteiger partial charge in [0.05, 0.1) is 0 Å². The van der Waals surface area contributed by atoms with Crippen LogP contribution in [0.3, 0.4) is 0 Å². The van der Waals surface area contributed by atoms with Gasteiger partial charge in [0.25, 0.3) is 0 Å². The van der Waals surface area contributed by atoms with Crippen LogP contribution in [0.4, 0.5) is 0 Å². The van der Waals surface area contributed by atoms with Gasteiger partial charge in [-0.2, -0.15) is 0 Å². The van der Waals surface area contributed by atoms with E-state index in [9.17, 15) is 0 Å². The molecule has 15 heavy (non-hydrogen) atoms. The van der Waals surface area contributed by atoms with Crippen LogP contribution in [0.25, 0.3) is 0 Å². The van der Waals surface area contributed by atoms with Crippen LogP contribution in [0, 0.1) is 0 Å². The standard InChI is InChI=1S/C13H17NO/c1-11(2)13(8-9-14)15-10-12-6-4-3-5-7-12/h3-8H,1,9-10,14H2,2H3/b13-8+. The SMILES string of the molecule is C=C(C)/C(=C\CN)OCc1ccccc1. The van der Waals surface area contributed by atoms with E-state index in [0.29, 0.717) is 13.2 Å². The van der Waals surface area contributed by atoms with Crippen LogP contribution < -0.4 is 5.73 Å². The van der Waals surface area contributed by atoms with Gasteiger partial charge in [0.1, 0.15) is 12.4 Å². The predicted molar refractivity (Wildman–Crippen MR) is 63.2 cm³/mol. The Bertz CT molecular complexity index is 341. The minimum atomic E-state index is 0.469. The molecule has 0 bridgehead atoms. The van der Waals surface area contributed by atoms with Gasteiger partial charge in [-0.25, -0.2) is 0 Å². The summed E-state index contributed by atoms with van der Waals surface area (Å²) in [4.78, 5) is 0. The smallest absolute Gasteiger partial charge is 0.119 e. The second-order valence-corrected chi connectivity index (χ2v) is 3.36. The summed E-state index contributed by atoms with van der Waals surface area (Å²) in [5.41, 5.74) is 7.48. The summed E-state index contributed by atoms with van der Waals surface area (Å²) in [6.07, 6.45) is 1.84. The third-order valence-electron chi connectivity index (χ3n) is 1.96. The number of hydrogen-bond acceptors (Lipinski definition) is 2. The van der Waals surface area contributed by atoms with Crippen molar-refractivity contribution in [2.45, 2.75) is 13.5 Å². The molecule has 80 valence electrons. The summed E-state index contributed by atoms with van der Waals surface area (Å²) in [5, 5.41) is 0. The summed E-state index contributed by atoms with van der Waals surface area (Å²) < 4.78 is 5.61. The fourth-order valence-electron chi connectivity index (χ4n) is 1.20. The molecular weight excluding hydrogens is 186 g/mol. The highest BCUT2D eigenvalue weighted by Crippen LogP contribution is 2.11. The van der Waals surface area contributed by atoms with E-state index in [-0.39, 0.29) is 0 Å². The quantitative estimate of drug-likeness (QED) is 0.589. The summed E-state index contributed by atoms with van der Waals surface area (Å²) >= 11 is 0. The first-order valence-electron chi connectivity index (χ1n) is 4.97. The molecule has 1 aromatic carbocycles. The summed E-state index contributed by atoms with van der Waals surface area (Å²) in [6.45, 7) is 6.77. The molecule has 0 unspecified atom stereocenters. The van der Waals surface area contributed by atoms with Crippen molar-refractivity contribution in [1.82, 2.24) is 0 Å². The molecule has 1 aromatic rings. The highest BCUT2D eigenvalue weighted by molar-refractivity contribution is 5.21. The first-order valence-corrected chi connectivity index (χ1v) is 4.97. The van der Waals surface area contributed by atoms with Gasteiger partial charge in [0.2, 0.25) is 0 Å². The Kier molecular flexibility index (Phi) is 4.64. The zero-order valence-electron chi connectivity index (χ0n) is 9.07. The third-order valence-corrected chi connectivity index (χ3v) is 1.96. The van der Waals surface area contributed by atoms with E-state index >= 15 is 0 Å². The number of rotatable bonds is 5. The molecule has 0 saturated carbocycles. The summed E-state index contributed by atoms with van der Waals surface area (Å²) in [7, 11) is 0. The normalized spacial score (nSPS) is 11.2. The van der Waals surface area contributed by atoms with Gasteiger partial charge in [0, 0.05) is 6.54 Å². The van der Waals surface area contributed by atoms with Gasteiger partial charge in [-0.15, -0.1) is 0 Å². The van der Waals surface area contributed by atoms with Crippen molar-refractivity contribution >= 4 is 0 Å². The molecule has 0 fully saturated rings. The molecule has 0 radical (unpaired) electrons. The van der Waals surface area contributed by atoms with Crippen molar-refractivity contribution < 1.29 is 4.74 Å². The van der Waals surface area contributed by atoms with E-state index in [0.717, 1.165) is 16.9 Å². The Morgan fingerprint density at radius 2 is 2.07 bits per heavy atom. The number of ether oxygens (including phenoxy) is 1. The molecule has 0 heterocycles. The van der Waals surface area contributed by atoms with Crippen LogP contribution in [0.2, 0.25) is 0 Å². The first-order chi connectivity index (χ1) is 7.24. The summed E-state index contributed by atoms with van der Waals surface area (Å²) in [6, 6.07) is 10.0. The van der Waals surface area contributed by atoms with Crippen molar-refractivity contribution in [3.05, 3.63) is 59.9 Å². The van der Waals surface area contributed by atoms with E-state index in [1.165, 1.54) is 0 Å². The maximum atomic E-state index is 5.61. The number of benzene rings is 1. The molecule has 0 atom stereocenters. The van der Waals surface area contributed by atoms with Crippen LogP contribution in [-0.2, 0) is 11.3 Å². The molecule has 0 aromatic heterocycles. The Morgan fingerprint density at radius 1 is 1.40 bits per heavy atom. The van der Waals surface area contributed by atoms with E-state index in [1.807, 2.05) is 43.3 Å². The number of allylic oxidation sites excluding steroid dienone is 1. The van der Waals surface area contributed by atoms with Crippen LogP contribution in [0.5, 0.6) is 0 Å². The predicted octanol–water partition coefficient (Wildman–Crippen LogP) is 2.62. The molecule has 2 heteroatoms. The zero-order chi connectivity index (χ0) is 11.1. The lowest BCUT2D eigenvalue weighted by Crippen LogP contribution is -2.00. The van der Waals surface area contributed by atoms with Crippen LogP contribution in [-0.4, -0.2) is 6.54 Å². The van der Waals surface area contributed by atoms with Gasteiger partial charge in [0.15, 0.2) is 0 Å². The molecule has 1 rings (SSSR count). The van der Waals surface area contributed by atoms with Crippen molar-refractivity contribution in [2.75, 3.05) is 6.54 Å². The summed E-state index contributed by atoms with van der Waals surface area (Å²) in [5.74, 6) is 0.779. The fourth-order valence-corrected chi connectivity index (χ4v) is 1.20. The molecule has 2 N–H and O–H groups in total. The Balaban J connectivity index is 2.55.